The predicted octanol–water partition coefficient (Wildman–Crippen LogP) is 15.5. The zero-order valence-corrected chi connectivity index (χ0v) is 82.7. The summed E-state index contributed by atoms with van der Waals surface area (Å²) in [4.78, 5) is 62.9. The first-order valence-corrected chi connectivity index (χ1v) is 48.6. The molecule has 0 amide bonds. The molecule has 0 spiro atoms. The van der Waals surface area contributed by atoms with Crippen molar-refractivity contribution < 1.29 is 28.2 Å². The zero-order chi connectivity index (χ0) is 90.5. The molecule has 9 aromatic heterocycles. The fourth-order valence-electron chi connectivity index (χ4n) is 11.9. The number of likely N-dealkylation sites (N-methyl/N-ethyl adjacent to an activating group) is 2. The molecule has 652 valence electrons. The number of aromatic amines is 1. The number of allylic oxidation sites excluding steroid dienone is 5. The maximum atomic E-state index is 11.8. The minimum atomic E-state index is -1.72. The van der Waals surface area contributed by atoms with Crippen molar-refractivity contribution in [2.24, 2.45) is 0 Å². The lowest BCUT2D eigenvalue weighted by atomic mass is 9.82. The molecule has 0 radical (unpaired) electrons. The van der Waals surface area contributed by atoms with E-state index >= 15 is 0 Å². The third-order valence-corrected chi connectivity index (χ3v) is 21.5. The molecule has 25 nitrogen and oxygen atoms in total. The normalized spacial score (nSPS) is 14.9. The number of nitrogens with one attached hydrogen (secondary N) is 1. The van der Waals surface area contributed by atoms with Gasteiger partial charge in [-0.25, -0.2) is 50.1 Å². The number of Topliss-reactive ketones (excluding diaryl/α,β-unsaturated/α-hetero) is 1. The van der Waals surface area contributed by atoms with Gasteiger partial charge in [-0.05, 0) is 224 Å². The van der Waals surface area contributed by atoms with E-state index in [1.807, 2.05) is 131 Å². The molecule has 0 unspecified atom stereocenters. The highest BCUT2D eigenvalue weighted by molar-refractivity contribution is 9.11. The van der Waals surface area contributed by atoms with Crippen LogP contribution >= 0.6 is 101 Å². The topological polar surface area (TPSA) is 300 Å². The molecule has 123 heavy (non-hydrogen) atoms. The van der Waals surface area contributed by atoms with E-state index in [1.54, 1.807) is 18.6 Å². The number of aryl methyl sites for hydroxylation is 2. The summed E-state index contributed by atoms with van der Waals surface area (Å²) < 4.78 is 30.5. The van der Waals surface area contributed by atoms with Crippen LogP contribution < -0.4 is 22.4 Å². The summed E-state index contributed by atoms with van der Waals surface area (Å²) in [5.41, 5.74) is 29.7. The summed E-state index contributed by atoms with van der Waals surface area (Å²) in [6.45, 7) is 28.9. The van der Waals surface area contributed by atoms with Crippen LogP contribution in [0.15, 0.2) is 136 Å². The summed E-state index contributed by atoms with van der Waals surface area (Å²) in [5.74, 6) is 11.4. The number of anilines is 2. The number of nitrogens with two attached hydrogens (primary N) is 2. The number of nitrogen functional groups attached to an aromatic ring is 2. The molecule has 0 bridgehead atoms. The van der Waals surface area contributed by atoms with E-state index in [4.69, 9.17) is 83.4 Å². The quantitative estimate of drug-likeness (QED) is 0.0266. The molecule has 2 aliphatic heterocycles. The minimum absolute atomic E-state index is 0.111. The van der Waals surface area contributed by atoms with Crippen LogP contribution in [0.25, 0.3) is 33.9 Å². The van der Waals surface area contributed by atoms with Crippen LogP contribution in [0.4, 0.5) is 11.9 Å². The largest absolute Gasteiger partial charge is 0.643 e. The highest BCUT2D eigenvalue weighted by Crippen LogP contribution is 2.39. The van der Waals surface area contributed by atoms with Crippen LogP contribution in [0, 0.1) is 23.7 Å². The van der Waals surface area contributed by atoms with Gasteiger partial charge in [-0.15, -0.1) is 11.6 Å². The molecule has 5 N–H and O–H groups in total. The first-order valence-electron chi connectivity index (χ1n) is 40.1. The third-order valence-electron chi connectivity index (χ3n) is 19.9. The highest BCUT2D eigenvalue weighted by atomic mass is 79.9. The second kappa shape index (κ2) is 49.1. The fourth-order valence-corrected chi connectivity index (χ4v) is 13.4. The first kappa shape index (κ1) is 103. The van der Waals surface area contributed by atoms with Crippen LogP contribution in [-0.2, 0) is 79.8 Å². The number of aromatic nitrogens is 14. The summed E-state index contributed by atoms with van der Waals surface area (Å²) in [5, 5.41) is 14.9. The van der Waals surface area contributed by atoms with E-state index in [0.717, 1.165) is 180 Å². The number of H-pyrrole nitrogens is 1. The molecule has 2 saturated heterocycles. The smallest absolute Gasteiger partial charge is 0.399 e. The van der Waals surface area contributed by atoms with E-state index < -0.39 is 16.6 Å². The second-order valence-corrected chi connectivity index (χ2v) is 41.1. The number of hydrogen-bond acceptors (Lipinski definition) is 22. The standard InChI is InChI=1S/C21H25N7.C14H13BrN4.C13H24BN3O2.C13H10BrNO.C9H15BN2O2.C8H6BrN.C5H5ClO.C4H10ClN.Al.3ClH/c1-4-16-10-20(26-21(22)25-16)17-5-6-19-18(17)9-14(11-23-19)15-12-24-28(13-15)8-7-27(2)3;1-2-9-6-13(19-14(16)18-9)10-3-4-12-11(10)5-8(15)7-17-12;1-12(2)13(3,4)19-14(18-12)11-9-15-17(10-11)8-7-16(5)6;1-2-3-4-13(16)10-5-6-12-11(10)7-9(14)8-15-12;1-8(2)9(3,4)14-10(13-8)7-5-11-12-6-7;9-7-4-6-2-1-3-8(6)10-5-7;1-2-3-4-5(6)7;1-6(2)4-3-5;;;;/h5,9-13H,4,6-8H2,1-3H3,(H2,22,25,26);3,5-7H,2,4H2,1H3,(H2,16,18,19);9-10H,7-8H2,1-6H3;5,7-8H,2,6H2,1H3;5-6H,1-4H3,(H,11,12);1-2,4-5H,3H2;2H2,1H3;3-4H2,1-2H3;;3*1H/q;;;;;;;;+3;;;/p-3. The molecule has 11 heterocycles. The lowest BCUT2D eigenvalue weighted by Crippen LogP contribution is -2.41. The fraction of sp³-hybridized carbons (Fsp3) is 0.414. The van der Waals surface area contributed by atoms with Crippen LogP contribution in [0.5, 0.6) is 0 Å². The number of pyridine rings is 4. The Morgan fingerprint density at radius 3 is 1.46 bits per heavy atom. The van der Waals surface area contributed by atoms with Gasteiger partial charge in [-0.1, -0.05) is 69.9 Å². The molecular formula is C87H108AlB2Br3Cl5N19O6. The molecule has 9 aromatic rings. The summed E-state index contributed by atoms with van der Waals surface area (Å²) in [7, 11) is 26.4. The number of carbonyl (C=O) groups is 2. The molecule has 36 heteroatoms. The molecule has 15 rings (SSSR count). The van der Waals surface area contributed by atoms with Crippen molar-refractivity contribution in [3.63, 3.8) is 0 Å². The number of fused-ring (bicyclic) bond motifs is 4. The monoisotopic (exact) mass is 1980 g/mol. The van der Waals surface area contributed by atoms with E-state index in [-0.39, 0.29) is 42.4 Å². The summed E-state index contributed by atoms with van der Waals surface area (Å²) in [6, 6.07) is 12.3. The molecule has 0 atom stereocenters. The lowest BCUT2D eigenvalue weighted by Gasteiger charge is -2.32. The number of halogens is 8. The SMILES string of the molecule is Brc1cnc2c(c1)C=CC2.CC1(C)OB(c2cn[nH]c2)OC1(C)C.CCC#CC(=O)C1=CCc2ncc(Br)cc21.CCC#CC(=O)Cl.CCc1cc(C2=CCc3ncc(-c4cnn(CCN(C)C)c4)cc32)nc(N)n1.CCc1cc(C2=CCc3ncc(Br)cc32)nc(N)n1.CN(C)CCCl.CN(C)CCn1cc(B2OC(C)(C)C(C)(C)O2)cn1.[Cl][Al]([Cl])[Cl]. The van der Waals surface area contributed by atoms with Crippen molar-refractivity contribution in [1.29, 1.82) is 0 Å². The van der Waals surface area contributed by atoms with Crippen molar-refractivity contribution >= 4 is 183 Å². The Morgan fingerprint density at radius 1 is 0.545 bits per heavy atom. The van der Waals surface area contributed by atoms with Gasteiger partial charge in [0, 0.05) is 200 Å². The van der Waals surface area contributed by atoms with Crippen LogP contribution in [-0.4, -0.2) is 211 Å². The van der Waals surface area contributed by atoms with E-state index in [9.17, 15) is 9.59 Å². The third kappa shape index (κ3) is 31.9. The van der Waals surface area contributed by atoms with Crippen molar-refractivity contribution in [2.75, 3.05) is 79.3 Å². The average Bonchev–Trinajstić information content (AvgIpc) is 1.63. The molecule has 0 aromatic carbocycles. The summed E-state index contributed by atoms with van der Waals surface area (Å²) >= 11 is 18.7. The van der Waals surface area contributed by atoms with Crippen LogP contribution in [0.3, 0.4) is 0 Å². The van der Waals surface area contributed by atoms with Gasteiger partial charge in [-0.3, -0.25) is 44.0 Å². The van der Waals surface area contributed by atoms with Gasteiger partial charge in [0.25, 0.3) is 5.24 Å². The van der Waals surface area contributed by atoms with Gasteiger partial charge in [0.05, 0.1) is 75.9 Å². The molecule has 4 aliphatic carbocycles. The number of ketones is 1. The Kier molecular flexibility index (Phi) is 41.0. The molecule has 0 saturated carbocycles. The number of alkyl halides is 1. The van der Waals surface area contributed by atoms with Crippen LogP contribution in [0.1, 0.15) is 164 Å². The maximum absolute atomic E-state index is 11.8. The van der Waals surface area contributed by atoms with Gasteiger partial charge in [-0.2, -0.15) is 15.3 Å². The number of carbonyl (C=O) groups excluding carboxylic acids is 2. The Bertz CT molecular complexity index is 5260. The highest BCUT2D eigenvalue weighted by Gasteiger charge is 2.53. The Morgan fingerprint density at radius 2 is 0.992 bits per heavy atom. The number of rotatable bonds is 16. The lowest BCUT2D eigenvalue weighted by molar-refractivity contribution is -0.109. The summed E-state index contributed by atoms with van der Waals surface area (Å²) in [6.07, 6.45) is 35.5. The molecule has 6 aliphatic rings. The Hall–Kier alpha value is -7.32. The molecule has 2 fully saturated rings. The van der Waals surface area contributed by atoms with Gasteiger partial charge >= 0.3 is 25.6 Å². The first-order chi connectivity index (χ1) is 58.2. The Labute approximate surface area is 777 Å². The van der Waals surface area contributed by atoms with E-state index in [2.05, 4.69) is 260 Å². The molecular weight excluding hydrogens is 1870 g/mol. The Balaban J connectivity index is 0.000000199. The number of nitrogens with zero attached hydrogens (tertiary/aromatic N) is 16. The average molecular weight is 1980 g/mol. The number of hydrogen-bond donors (Lipinski definition) is 3. The zero-order valence-electron chi connectivity index (χ0n) is 73.0. The van der Waals surface area contributed by atoms with E-state index in [0.29, 0.717) is 30.3 Å². The van der Waals surface area contributed by atoms with Gasteiger partial charge in [0.1, 0.15) is 0 Å². The van der Waals surface area contributed by atoms with Crippen molar-refractivity contribution in [2.45, 2.75) is 170 Å². The maximum Gasteiger partial charge on any atom is 0.643 e. The van der Waals surface area contributed by atoms with Gasteiger partial charge in [0.15, 0.2) is 0 Å². The van der Waals surface area contributed by atoms with Crippen molar-refractivity contribution in [1.82, 2.24) is 84.3 Å². The van der Waals surface area contributed by atoms with Gasteiger partial charge in [0.2, 0.25) is 17.7 Å². The van der Waals surface area contributed by atoms with Crippen LogP contribution in [0.2, 0.25) is 0 Å². The van der Waals surface area contributed by atoms with E-state index in [1.165, 1.54) is 11.3 Å². The second-order valence-electron chi connectivity index (χ2n) is 31.2. The van der Waals surface area contributed by atoms with Crippen molar-refractivity contribution in [3.8, 4) is 34.8 Å². The minimum Gasteiger partial charge on any atom is -0.399 e. The van der Waals surface area contributed by atoms with Gasteiger partial charge < -0.3 is 44.8 Å². The predicted molar refractivity (Wildman–Crippen MR) is 513 cm³/mol. The van der Waals surface area contributed by atoms with Crippen molar-refractivity contribution in [3.05, 3.63) is 204 Å².